The molecule has 5 rings (SSSR count). The monoisotopic (exact) mass is 469 g/mol. The summed E-state index contributed by atoms with van der Waals surface area (Å²) in [7, 11) is 0. The molecule has 0 N–H and O–H groups in total. The molecule has 1 unspecified atom stereocenters. The molecule has 166 valence electrons. The van der Waals surface area contributed by atoms with Crippen molar-refractivity contribution in [3.8, 4) is 0 Å². The van der Waals surface area contributed by atoms with E-state index in [1.54, 1.807) is 6.07 Å². The Morgan fingerprint density at radius 3 is 2.81 bits per heavy atom. The normalized spacial score (nSPS) is 19.9. The lowest BCUT2D eigenvalue weighted by molar-refractivity contribution is -0.140. The summed E-state index contributed by atoms with van der Waals surface area (Å²) in [6.45, 7) is 4.15. The zero-order valence-corrected chi connectivity index (χ0v) is 19.4. The number of amides is 1. The molecular weight excluding hydrogens is 445 g/mol. The number of carbonyl (C=O) groups excluding carboxylic acids is 1. The van der Waals surface area contributed by atoms with Crippen LogP contribution in [0.1, 0.15) is 43.4 Å². The van der Waals surface area contributed by atoms with E-state index in [2.05, 4.69) is 40.7 Å². The Morgan fingerprint density at radius 1 is 1.22 bits per heavy atom. The van der Waals surface area contributed by atoms with Crippen molar-refractivity contribution in [2.75, 3.05) is 19.7 Å². The minimum atomic E-state index is -0.253. The van der Waals surface area contributed by atoms with Gasteiger partial charge in [0.15, 0.2) is 0 Å². The molecule has 2 atom stereocenters. The third-order valence-corrected chi connectivity index (χ3v) is 7.06. The van der Waals surface area contributed by atoms with Gasteiger partial charge < -0.3 is 14.2 Å². The minimum absolute atomic E-state index is 0.0138. The van der Waals surface area contributed by atoms with E-state index in [-0.39, 0.29) is 18.1 Å². The van der Waals surface area contributed by atoms with Gasteiger partial charge in [-0.2, -0.15) is 0 Å². The number of aromatic nitrogens is 2. The van der Waals surface area contributed by atoms with E-state index in [0.717, 1.165) is 48.0 Å². The van der Waals surface area contributed by atoms with Gasteiger partial charge in [-0.05, 0) is 67.2 Å². The molecule has 1 aromatic heterocycles. The zero-order valence-electron chi connectivity index (χ0n) is 17.9. The van der Waals surface area contributed by atoms with Gasteiger partial charge in [-0.15, -0.1) is 0 Å². The second kappa shape index (κ2) is 8.89. The second-order valence-electron chi connectivity index (χ2n) is 8.46. The summed E-state index contributed by atoms with van der Waals surface area (Å²) in [4.78, 5) is 19.1. The Hall–Kier alpha value is -2.34. The Balaban J connectivity index is 1.40. The molecule has 3 aromatic rings. The lowest BCUT2D eigenvalue weighted by Gasteiger charge is -2.28. The molecule has 7 heteroatoms. The fourth-order valence-electron chi connectivity index (χ4n) is 4.63. The van der Waals surface area contributed by atoms with Crippen molar-refractivity contribution < 1.29 is 9.53 Å². The summed E-state index contributed by atoms with van der Waals surface area (Å²) < 4.78 is 7.71. The molecule has 0 spiro atoms. The van der Waals surface area contributed by atoms with Crippen LogP contribution in [-0.2, 0) is 9.53 Å². The Bertz CT molecular complexity index is 1200. The van der Waals surface area contributed by atoms with Crippen molar-refractivity contribution in [1.29, 1.82) is 0 Å². The third-order valence-electron chi connectivity index (χ3n) is 6.50. The van der Waals surface area contributed by atoms with Crippen LogP contribution in [-0.4, -0.2) is 46.2 Å². The summed E-state index contributed by atoms with van der Waals surface area (Å²) in [5, 5.41) is 1.27. The number of imidazole rings is 1. The summed E-state index contributed by atoms with van der Waals surface area (Å²) in [5.41, 5.74) is 5.42. The quantitative estimate of drug-likeness (QED) is 0.488. The van der Waals surface area contributed by atoms with Crippen LogP contribution in [0, 0.1) is 0 Å². The summed E-state index contributed by atoms with van der Waals surface area (Å²) >= 11 is 12.5. The van der Waals surface area contributed by atoms with Gasteiger partial charge in [-0.1, -0.05) is 41.4 Å². The average molecular weight is 470 g/mol. The fraction of sp³-hybridized carbons (Fsp3) is 0.360. The number of rotatable bonds is 4. The molecule has 5 nitrogen and oxygen atoms in total. The van der Waals surface area contributed by atoms with Crippen LogP contribution < -0.4 is 0 Å². The van der Waals surface area contributed by atoms with Gasteiger partial charge in [-0.25, -0.2) is 4.98 Å². The number of fused-ring (bicyclic) bond motifs is 1. The average Bonchev–Trinajstić information content (AvgIpc) is 3.48. The molecule has 0 aliphatic carbocycles. The van der Waals surface area contributed by atoms with Crippen molar-refractivity contribution in [1.82, 2.24) is 14.5 Å². The molecular formula is C25H25Cl2N3O2. The molecule has 2 aromatic carbocycles. The number of nitrogens with zero attached hydrogens (tertiary/aromatic N) is 3. The number of hydrogen-bond acceptors (Lipinski definition) is 3. The van der Waals surface area contributed by atoms with Crippen LogP contribution >= 0.6 is 23.2 Å². The Labute approximate surface area is 197 Å². The summed E-state index contributed by atoms with van der Waals surface area (Å²) in [6, 6.07) is 12.0. The molecule has 2 aliphatic rings. The summed E-state index contributed by atoms with van der Waals surface area (Å²) in [5.74, 6) is 0.125. The maximum Gasteiger partial charge on any atom is 0.251 e. The van der Waals surface area contributed by atoms with E-state index >= 15 is 0 Å². The van der Waals surface area contributed by atoms with E-state index in [1.165, 1.54) is 5.57 Å². The van der Waals surface area contributed by atoms with Crippen LogP contribution in [0.2, 0.25) is 10.0 Å². The van der Waals surface area contributed by atoms with Crippen LogP contribution in [0.25, 0.3) is 16.6 Å². The van der Waals surface area contributed by atoms with E-state index in [0.29, 0.717) is 23.2 Å². The molecule has 0 bridgehead atoms. The van der Waals surface area contributed by atoms with Gasteiger partial charge in [0, 0.05) is 29.7 Å². The Morgan fingerprint density at radius 2 is 2.09 bits per heavy atom. The molecule has 3 heterocycles. The predicted octanol–water partition coefficient (Wildman–Crippen LogP) is 5.75. The largest absolute Gasteiger partial charge is 0.368 e. The smallest absolute Gasteiger partial charge is 0.251 e. The highest BCUT2D eigenvalue weighted by Gasteiger charge is 2.29. The number of benzene rings is 2. The van der Waals surface area contributed by atoms with Crippen LogP contribution in [0.3, 0.4) is 0 Å². The summed E-state index contributed by atoms with van der Waals surface area (Å²) in [6.07, 6.45) is 6.41. The number of hydrogen-bond donors (Lipinski definition) is 0. The first-order valence-corrected chi connectivity index (χ1v) is 11.8. The van der Waals surface area contributed by atoms with Crippen molar-refractivity contribution in [2.45, 2.75) is 38.3 Å². The van der Waals surface area contributed by atoms with Gasteiger partial charge >= 0.3 is 0 Å². The molecule has 0 radical (unpaired) electrons. The predicted molar refractivity (Wildman–Crippen MR) is 128 cm³/mol. The molecule has 2 aliphatic heterocycles. The topological polar surface area (TPSA) is 47.4 Å². The van der Waals surface area contributed by atoms with Crippen molar-refractivity contribution >= 4 is 45.7 Å². The highest BCUT2D eigenvalue weighted by Crippen LogP contribution is 2.32. The fourth-order valence-corrected chi connectivity index (χ4v) is 5.20. The van der Waals surface area contributed by atoms with Crippen molar-refractivity contribution in [3.05, 3.63) is 70.0 Å². The molecule has 1 fully saturated rings. The number of carbonyl (C=O) groups is 1. The maximum atomic E-state index is 12.6. The maximum absolute atomic E-state index is 12.6. The van der Waals surface area contributed by atoms with Crippen LogP contribution in [0.5, 0.6) is 0 Å². The van der Waals surface area contributed by atoms with E-state index in [4.69, 9.17) is 27.9 Å². The van der Waals surface area contributed by atoms with Crippen molar-refractivity contribution in [3.63, 3.8) is 0 Å². The van der Waals surface area contributed by atoms with Gasteiger partial charge in [0.1, 0.15) is 6.10 Å². The van der Waals surface area contributed by atoms with Crippen LogP contribution in [0.4, 0.5) is 0 Å². The Kier molecular flexibility index (Phi) is 5.97. The van der Waals surface area contributed by atoms with Gasteiger partial charge in [0.25, 0.3) is 5.91 Å². The van der Waals surface area contributed by atoms with E-state index in [9.17, 15) is 4.79 Å². The number of halogens is 2. The van der Waals surface area contributed by atoms with Gasteiger partial charge in [-0.3, -0.25) is 4.79 Å². The van der Waals surface area contributed by atoms with Gasteiger partial charge in [0.05, 0.1) is 23.4 Å². The lowest BCUT2D eigenvalue weighted by atomic mass is 9.98. The van der Waals surface area contributed by atoms with E-state index < -0.39 is 0 Å². The van der Waals surface area contributed by atoms with Gasteiger partial charge in [0.2, 0.25) is 0 Å². The van der Waals surface area contributed by atoms with E-state index in [1.807, 2.05) is 23.4 Å². The first kappa shape index (κ1) is 21.5. The number of ether oxygens (including phenoxy) is 1. The van der Waals surface area contributed by atoms with Crippen LogP contribution in [0.15, 0.2) is 48.8 Å². The SMILES string of the molecule is C[C@H](c1ccc(Cl)cc1Cl)n1cnc2ccc(C3=CCN(C(=O)C4CCCO4)CC3)cc21. The highest BCUT2D eigenvalue weighted by molar-refractivity contribution is 6.35. The van der Waals surface area contributed by atoms with Crippen molar-refractivity contribution in [2.24, 2.45) is 0 Å². The molecule has 32 heavy (non-hydrogen) atoms. The third kappa shape index (κ3) is 4.05. The standard InChI is InChI=1S/C25H25Cl2N3O2/c1-16(20-6-5-19(26)14-21(20)27)30-15-28-22-7-4-18(13-23(22)30)17-8-10-29(11-9-17)25(31)24-3-2-12-32-24/h4-8,13-16,24H,2-3,9-12H2,1H3/t16-,24?/m1/s1. The first-order valence-electron chi connectivity index (χ1n) is 11.0. The first-order chi connectivity index (χ1) is 15.5. The highest BCUT2D eigenvalue weighted by atomic mass is 35.5. The molecule has 1 saturated heterocycles. The molecule has 0 saturated carbocycles. The lowest BCUT2D eigenvalue weighted by Crippen LogP contribution is -2.41. The zero-order chi connectivity index (χ0) is 22.2. The minimum Gasteiger partial charge on any atom is -0.368 e. The second-order valence-corrected chi connectivity index (χ2v) is 9.31. The molecule has 1 amide bonds.